The molecule has 0 saturated heterocycles. The zero-order valence-electron chi connectivity index (χ0n) is 17.6. The summed E-state index contributed by atoms with van der Waals surface area (Å²) in [4.78, 5) is 24.2. The molecule has 7 nitrogen and oxygen atoms in total. The number of hydrogen-bond donors (Lipinski definition) is 2. The number of hydrazone groups is 1. The first-order chi connectivity index (χ1) is 15.4. The summed E-state index contributed by atoms with van der Waals surface area (Å²) in [5, 5.41) is 6.92. The Bertz CT molecular complexity index is 1130. The minimum atomic E-state index is -0.711. The molecule has 0 fully saturated rings. The molecular weight excluding hydrogens is 413 g/mol. The van der Waals surface area contributed by atoms with E-state index in [0.717, 1.165) is 17.3 Å². The number of rotatable bonds is 8. The highest BCUT2D eigenvalue weighted by Gasteiger charge is 2.13. The molecule has 1 amide bonds. The molecule has 164 valence electrons. The number of carbonyl (C=O) groups excluding carboxylic acids is 2. The van der Waals surface area contributed by atoms with Crippen LogP contribution in [0.2, 0.25) is 0 Å². The largest absolute Gasteiger partial charge is 0.493 e. The number of nitrogens with zero attached hydrogens (tertiary/aromatic N) is 1. The van der Waals surface area contributed by atoms with Crippen molar-refractivity contribution in [2.24, 2.45) is 5.10 Å². The molecular formula is C24H22FN3O4. The summed E-state index contributed by atoms with van der Waals surface area (Å²) in [7, 11) is 1.42. The Morgan fingerprint density at radius 1 is 1.03 bits per heavy atom. The van der Waals surface area contributed by atoms with Crippen molar-refractivity contribution >= 4 is 23.8 Å². The maximum Gasteiger partial charge on any atom is 0.343 e. The number of aryl methyl sites for hydroxylation is 1. The fraction of sp³-hybridized carbons (Fsp3) is 0.125. The summed E-state index contributed by atoms with van der Waals surface area (Å²) in [6.45, 7) is 2.06. The molecule has 2 N–H and O–H groups in total. The number of methoxy groups -OCH3 is 1. The molecule has 0 aliphatic rings. The van der Waals surface area contributed by atoms with Gasteiger partial charge >= 0.3 is 5.97 Å². The highest BCUT2D eigenvalue weighted by Crippen LogP contribution is 2.28. The second-order valence-electron chi connectivity index (χ2n) is 6.82. The summed E-state index contributed by atoms with van der Waals surface area (Å²) in [6.07, 6.45) is 1.43. The van der Waals surface area contributed by atoms with Crippen LogP contribution in [0.1, 0.15) is 21.5 Å². The van der Waals surface area contributed by atoms with E-state index in [-0.39, 0.29) is 29.5 Å². The topological polar surface area (TPSA) is 89.0 Å². The monoisotopic (exact) mass is 435 g/mol. The van der Waals surface area contributed by atoms with Gasteiger partial charge in [0.05, 0.1) is 25.4 Å². The van der Waals surface area contributed by atoms with Gasteiger partial charge in [0.25, 0.3) is 5.91 Å². The van der Waals surface area contributed by atoms with Crippen molar-refractivity contribution in [3.8, 4) is 11.5 Å². The van der Waals surface area contributed by atoms with Crippen LogP contribution in [0.3, 0.4) is 0 Å². The molecule has 0 spiro atoms. The first-order valence-corrected chi connectivity index (χ1v) is 9.73. The Morgan fingerprint density at radius 3 is 2.53 bits per heavy atom. The number of halogens is 1. The summed E-state index contributed by atoms with van der Waals surface area (Å²) in [5.41, 5.74) is 5.09. The van der Waals surface area contributed by atoms with E-state index in [1.165, 1.54) is 37.6 Å². The van der Waals surface area contributed by atoms with Gasteiger partial charge in [-0.3, -0.25) is 4.79 Å². The Hall–Kier alpha value is -4.20. The highest BCUT2D eigenvalue weighted by atomic mass is 19.1. The maximum absolute atomic E-state index is 13.3. The van der Waals surface area contributed by atoms with Gasteiger partial charge in [0.1, 0.15) is 5.82 Å². The molecule has 0 atom stereocenters. The molecule has 8 heteroatoms. The lowest BCUT2D eigenvalue weighted by Crippen LogP contribution is -2.25. The first kappa shape index (κ1) is 22.5. The van der Waals surface area contributed by atoms with Crippen molar-refractivity contribution in [1.29, 1.82) is 0 Å². The van der Waals surface area contributed by atoms with E-state index in [0.29, 0.717) is 5.56 Å². The van der Waals surface area contributed by atoms with E-state index in [1.807, 2.05) is 31.2 Å². The van der Waals surface area contributed by atoms with Crippen LogP contribution in [0.25, 0.3) is 0 Å². The third-order valence-electron chi connectivity index (χ3n) is 4.36. The van der Waals surface area contributed by atoms with Crippen LogP contribution in [0.4, 0.5) is 10.1 Å². The van der Waals surface area contributed by atoms with E-state index < -0.39 is 11.8 Å². The maximum atomic E-state index is 13.3. The molecule has 0 heterocycles. The van der Waals surface area contributed by atoms with Crippen molar-refractivity contribution in [1.82, 2.24) is 5.43 Å². The highest BCUT2D eigenvalue weighted by molar-refractivity contribution is 5.91. The van der Waals surface area contributed by atoms with E-state index in [4.69, 9.17) is 9.47 Å². The lowest BCUT2D eigenvalue weighted by atomic mass is 10.2. The lowest BCUT2D eigenvalue weighted by Gasteiger charge is -2.10. The standard InChI is InChI=1S/C24H22FN3O4/c1-16-6-9-20(10-7-16)26-15-23(29)28-27-14-17-8-11-21(22(12-17)31-2)32-24(30)18-4-3-5-19(25)13-18/h3-14,26H,15H2,1-2H3,(H,28,29). The summed E-state index contributed by atoms with van der Waals surface area (Å²) < 4.78 is 23.9. The van der Waals surface area contributed by atoms with Crippen molar-refractivity contribution in [3.63, 3.8) is 0 Å². The number of esters is 1. The summed E-state index contributed by atoms with van der Waals surface area (Å²) >= 11 is 0. The average Bonchev–Trinajstić information content (AvgIpc) is 2.79. The zero-order chi connectivity index (χ0) is 22.9. The van der Waals surface area contributed by atoms with Crippen molar-refractivity contribution in [3.05, 3.63) is 89.2 Å². The van der Waals surface area contributed by atoms with Crippen molar-refractivity contribution in [2.45, 2.75) is 6.92 Å². The van der Waals surface area contributed by atoms with Gasteiger partial charge in [-0.25, -0.2) is 14.6 Å². The molecule has 0 saturated carbocycles. The van der Waals surface area contributed by atoms with E-state index >= 15 is 0 Å². The van der Waals surface area contributed by atoms with Gasteiger partial charge in [0.15, 0.2) is 11.5 Å². The number of carbonyl (C=O) groups is 2. The van der Waals surface area contributed by atoms with Gasteiger partial charge in [-0.05, 0) is 61.0 Å². The Kier molecular flexibility index (Phi) is 7.53. The predicted molar refractivity (Wildman–Crippen MR) is 120 cm³/mol. The van der Waals surface area contributed by atoms with Crippen LogP contribution in [-0.4, -0.2) is 31.7 Å². The van der Waals surface area contributed by atoms with Crippen LogP contribution < -0.4 is 20.2 Å². The third-order valence-corrected chi connectivity index (χ3v) is 4.36. The van der Waals surface area contributed by atoms with Gasteiger partial charge in [0.2, 0.25) is 0 Å². The number of benzene rings is 3. The molecule has 0 bridgehead atoms. The zero-order valence-corrected chi connectivity index (χ0v) is 17.6. The Balaban J connectivity index is 1.56. The fourth-order valence-corrected chi connectivity index (χ4v) is 2.70. The lowest BCUT2D eigenvalue weighted by molar-refractivity contribution is -0.119. The molecule has 3 aromatic carbocycles. The van der Waals surface area contributed by atoms with Gasteiger partial charge < -0.3 is 14.8 Å². The predicted octanol–water partition coefficient (Wildman–Crippen LogP) is 3.92. The number of anilines is 1. The first-order valence-electron chi connectivity index (χ1n) is 9.73. The molecule has 0 aliphatic carbocycles. The Labute approximate surface area is 184 Å². The normalized spacial score (nSPS) is 10.6. The fourth-order valence-electron chi connectivity index (χ4n) is 2.70. The molecule has 0 radical (unpaired) electrons. The van der Waals surface area contributed by atoms with E-state index in [1.54, 1.807) is 12.1 Å². The van der Waals surface area contributed by atoms with Crippen LogP contribution in [-0.2, 0) is 4.79 Å². The SMILES string of the molecule is COc1cc(C=NNC(=O)CNc2ccc(C)cc2)ccc1OC(=O)c1cccc(F)c1. The molecule has 32 heavy (non-hydrogen) atoms. The van der Waals surface area contributed by atoms with Crippen molar-refractivity contribution < 1.29 is 23.5 Å². The van der Waals surface area contributed by atoms with E-state index in [9.17, 15) is 14.0 Å². The minimum Gasteiger partial charge on any atom is -0.493 e. The van der Waals surface area contributed by atoms with Crippen LogP contribution in [0.5, 0.6) is 11.5 Å². The Morgan fingerprint density at radius 2 is 1.81 bits per heavy atom. The third kappa shape index (κ3) is 6.40. The van der Waals surface area contributed by atoms with Crippen LogP contribution in [0.15, 0.2) is 71.8 Å². The van der Waals surface area contributed by atoms with Crippen LogP contribution in [0, 0.1) is 12.7 Å². The second-order valence-corrected chi connectivity index (χ2v) is 6.82. The van der Waals surface area contributed by atoms with Gasteiger partial charge in [-0.1, -0.05) is 23.8 Å². The number of ether oxygens (including phenoxy) is 2. The van der Waals surface area contributed by atoms with Crippen molar-refractivity contribution in [2.75, 3.05) is 19.0 Å². The number of hydrogen-bond acceptors (Lipinski definition) is 6. The van der Waals surface area contributed by atoms with Gasteiger partial charge in [-0.2, -0.15) is 5.10 Å². The average molecular weight is 435 g/mol. The van der Waals surface area contributed by atoms with Gasteiger partial charge in [-0.15, -0.1) is 0 Å². The summed E-state index contributed by atoms with van der Waals surface area (Å²) in [6, 6.07) is 17.6. The molecule has 0 aliphatic heterocycles. The minimum absolute atomic E-state index is 0.0681. The number of nitrogens with one attached hydrogen (secondary N) is 2. The quantitative estimate of drug-likeness (QED) is 0.242. The molecule has 3 aromatic rings. The van der Waals surface area contributed by atoms with Gasteiger partial charge in [0, 0.05) is 5.69 Å². The molecule has 0 unspecified atom stereocenters. The second kappa shape index (κ2) is 10.7. The molecule has 3 rings (SSSR count). The van der Waals surface area contributed by atoms with Crippen LogP contribution >= 0.6 is 0 Å². The molecule has 0 aromatic heterocycles. The van der Waals surface area contributed by atoms with E-state index in [2.05, 4.69) is 15.8 Å². The number of amides is 1. The summed E-state index contributed by atoms with van der Waals surface area (Å²) in [5.74, 6) is -1.10. The smallest absolute Gasteiger partial charge is 0.343 e.